The first kappa shape index (κ1) is 6.67. The van der Waals surface area contributed by atoms with E-state index in [1.807, 2.05) is 29.9 Å². The molecule has 57 valence electrons. The van der Waals surface area contributed by atoms with Gasteiger partial charge in [0, 0.05) is 13.2 Å². The molecule has 1 aliphatic rings. The molecule has 0 bridgehead atoms. The van der Waals surface area contributed by atoms with E-state index in [1.54, 1.807) is 11.3 Å². The van der Waals surface area contributed by atoms with E-state index in [4.69, 9.17) is 0 Å². The predicted molar refractivity (Wildman–Crippen MR) is 45.0 cm³/mol. The summed E-state index contributed by atoms with van der Waals surface area (Å²) in [5.74, 6) is 0. The molecule has 1 aromatic rings. The first-order valence-corrected chi connectivity index (χ1v) is 4.20. The van der Waals surface area contributed by atoms with Crippen LogP contribution in [0.3, 0.4) is 0 Å². The average Bonchev–Trinajstić information content (AvgIpc) is 2.55. The van der Waals surface area contributed by atoms with Crippen molar-refractivity contribution in [2.45, 2.75) is 0 Å². The third-order valence-electron chi connectivity index (χ3n) is 1.48. The zero-order valence-electron chi connectivity index (χ0n) is 6.19. The zero-order valence-corrected chi connectivity index (χ0v) is 7.01. The van der Waals surface area contributed by atoms with Crippen molar-refractivity contribution in [3.63, 3.8) is 0 Å². The van der Waals surface area contributed by atoms with Gasteiger partial charge in [-0.25, -0.2) is 0 Å². The lowest BCUT2D eigenvalue weighted by molar-refractivity contribution is 0.496. The van der Waals surface area contributed by atoms with Gasteiger partial charge in [-0.1, -0.05) is 0 Å². The molecule has 0 unspecified atom stereocenters. The van der Waals surface area contributed by atoms with Crippen LogP contribution in [-0.2, 0) is 0 Å². The lowest BCUT2D eigenvalue weighted by Crippen LogP contribution is -2.20. The van der Waals surface area contributed by atoms with Gasteiger partial charge < -0.3 is 9.80 Å². The fourth-order valence-electron chi connectivity index (χ4n) is 0.949. The van der Waals surface area contributed by atoms with Crippen molar-refractivity contribution in [3.8, 4) is 0 Å². The molecule has 1 aliphatic heterocycles. The van der Waals surface area contributed by atoms with Gasteiger partial charge >= 0.3 is 0 Å². The van der Waals surface area contributed by atoms with Crippen molar-refractivity contribution in [2.24, 2.45) is 0 Å². The van der Waals surface area contributed by atoms with Gasteiger partial charge in [-0.2, -0.15) is 0 Å². The Labute approximate surface area is 69.6 Å². The van der Waals surface area contributed by atoms with Crippen molar-refractivity contribution in [3.05, 3.63) is 24.1 Å². The maximum absolute atomic E-state index is 4.00. The molecule has 0 saturated carbocycles. The molecule has 1 aromatic heterocycles. The van der Waals surface area contributed by atoms with E-state index in [2.05, 4.69) is 16.1 Å². The highest BCUT2D eigenvalue weighted by Gasteiger charge is 2.11. The fraction of sp³-hybridized carbons (Fsp3) is 0.286. The van der Waals surface area contributed by atoms with Crippen molar-refractivity contribution >= 4 is 16.3 Å². The number of rotatable bonds is 1. The molecule has 3 nitrogen and oxygen atoms in total. The molecule has 2 heterocycles. The summed E-state index contributed by atoms with van der Waals surface area (Å²) in [6.07, 6.45) is 6.90. The maximum Gasteiger partial charge on any atom is 0.117 e. The fourth-order valence-corrected chi connectivity index (χ4v) is 1.54. The molecular formula is C7H8N3S. The number of aromatic nitrogens is 1. The Morgan fingerprint density at radius 2 is 2.64 bits per heavy atom. The summed E-state index contributed by atoms with van der Waals surface area (Å²) >= 11 is 1.63. The van der Waals surface area contributed by atoms with Crippen LogP contribution in [0, 0.1) is 6.20 Å². The van der Waals surface area contributed by atoms with Gasteiger partial charge in [0.25, 0.3) is 0 Å². The SMILES string of the molecule is CN1C=[C]N(c2cncs2)C1. The number of thiazole rings is 1. The minimum Gasteiger partial charge on any atom is -0.361 e. The van der Waals surface area contributed by atoms with Crippen LogP contribution < -0.4 is 4.90 Å². The normalized spacial score (nSPS) is 16.5. The molecule has 0 spiro atoms. The smallest absolute Gasteiger partial charge is 0.117 e. The standard InChI is InChI=1S/C7H8N3S/c1-9-2-3-10(6-9)7-4-8-5-11-7/h2,4-5H,6H2,1H3. The van der Waals surface area contributed by atoms with Gasteiger partial charge in [-0.3, -0.25) is 4.98 Å². The van der Waals surface area contributed by atoms with E-state index in [0.29, 0.717) is 0 Å². The van der Waals surface area contributed by atoms with Crippen LogP contribution in [0.4, 0.5) is 5.00 Å². The summed E-state index contributed by atoms with van der Waals surface area (Å²) in [6, 6.07) is 0. The Kier molecular flexibility index (Phi) is 1.54. The molecule has 0 N–H and O–H groups in total. The van der Waals surface area contributed by atoms with Gasteiger partial charge in [0.1, 0.15) is 5.00 Å². The van der Waals surface area contributed by atoms with E-state index in [0.717, 1.165) is 11.7 Å². The molecule has 0 aliphatic carbocycles. The Morgan fingerprint density at radius 1 is 1.73 bits per heavy atom. The van der Waals surface area contributed by atoms with Gasteiger partial charge in [-0.15, -0.1) is 11.3 Å². The summed E-state index contributed by atoms with van der Waals surface area (Å²) in [7, 11) is 2.02. The maximum atomic E-state index is 4.00. The molecule has 4 heteroatoms. The van der Waals surface area contributed by atoms with Crippen LogP contribution >= 0.6 is 11.3 Å². The minimum absolute atomic E-state index is 0.877. The summed E-state index contributed by atoms with van der Waals surface area (Å²) in [6.45, 7) is 0.877. The molecule has 0 saturated heterocycles. The third-order valence-corrected chi connectivity index (χ3v) is 2.28. The van der Waals surface area contributed by atoms with Crippen LogP contribution in [0.15, 0.2) is 17.9 Å². The second-order valence-corrected chi connectivity index (χ2v) is 3.29. The van der Waals surface area contributed by atoms with E-state index in [-0.39, 0.29) is 0 Å². The Morgan fingerprint density at radius 3 is 3.18 bits per heavy atom. The van der Waals surface area contributed by atoms with E-state index >= 15 is 0 Å². The summed E-state index contributed by atoms with van der Waals surface area (Å²) < 4.78 is 0. The highest BCUT2D eigenvalue weighted by Crippen LogP contribution is 2.21. The largest absolute Gasteiger partial charge is 0.361 e. The van der Waals surface area contributed by atoms with Crippen LogP contribution in [-0.4, -0.2) is 23.6 Å². The monoisotopic (exact) mass is 166 g/mol. The number of anilines is 1. The first-order valence-electron chi connectivity index (χ1n) is 3.32. The number of hydrogen-bond donors (Lipinski definition) is 0. The van der Waals surface area contributed by atoms with Crippen molar-refractivity contribution in [2.75, 3.05) is 18.6 Å². The van der Waals surface area contributed by atoms with E-state index in [1.165, 1.54) is 0 Å². The van der Waals surface area contributed by atoms with Crippen molar-refractivity contribution in [1.82, 2.24) is 9.88 Å². The molecule has 0 atom stereocenters. The van der Waals surface area contributed by atoms with Gasteiger partial charge in [-0.05, 0) is 0 Å². The predicted octanol–water partition coefficient (Wildman–Crippen LogP) is 1.13. The highest BCUT2D eigenvalue weighted by molar-refractivity contribution is 7.13. The van der Waals surface area contributed by atoms with Crippen molar-refractivity contribution < 1.29 is 0 Å². The Hall–Kier alpha value is -1.03. The van der Waals surface area contributed by atoms with Crippen LogP contribution in [0.1, 0.15) is 0 Å². The van der Waals surface area contributed by atoms with Gasteiger partial charge in [0.15, 0.2) is 0 Å². The van der Waals surface area contributed by atoms with E-state index in [9.17, 15) is 0 Å². The quantitative estimate of drug-likeness (QED) is 0.623. The topological polar surface area (TPSA) is 19.4 Å². The average molecular weight is 166 g/mol. The minimum atomic E-state index is 0.877. The lowest BCUT2D eigenvalue weighted by atomic mass is 10.7. The zero-order chi connectivity index (χ0) is 7.68. The number of hydrogen-bond acceptors (Lipinski definition) is 4. The molecule has 0 fully saturated rings. The molecule has 11 heavy (non-hydrogen) atoms. The summed E-state index contributed by atoms with van der Waals surface area (Å²) in [5.41, 5.74) is 1.83. The Bertz CT molecular complexity index is 255. The van der Waals surface area contributed by atoms with Crippen molar-refractivity contribution in [1.29, 1.82) is 0 Å². The second-order valence-electron chi connectivity index (χ2n) is 2.42. The van der Waals surface area contributed by atoms with Crippen LogP contribution in [0.25, 0.3) is 0 Å². The third kappa shape index (κ3) is 1.21. The van der Waals surface area contributed by atoms with Crippen LogP contribution in [0.5, 0.6) is 0 Å². The number of nitrogens with zero attached hydrogens (tertiary/aromatic N) is 3. The summed E-state index contributed by atoms with van der Waals surface area (Å²) in [4.78, 5) is 8.10. The molecule has 0 amide bonds. The molecular weight excluding hydrogens is 158 g/mol. The highest BCUT2D eigenvalue weighted by atomic mass is 32.1. The van der Waals surface area contributed by atoms with Gasteiger partial charge in [0.2, 0.25) is 0 Å². The second kappa shape index (κ2) is 2.54. The molecule has 2 rings (SSSR count). The molecule has 0 aromatic carbocycles. The Balaban J connectivity index is 2.15. The van der Waals surface area contributed by atoms with E-state index < -0.39 is 0 Å². The molecule has 1 radical (unpaired) electrons. The first-order chi connectivity index (χ1) is 5.36. The van der Waals surface area contributed by atoms with Gasteiger partial charge in [0.05, 0.1) is 24.6 Å². The van der Waals surface area contributed by atoms with Crippen LogP contribution in [0.2, 0.25) is 0 Å². The summed E-state index contributed by atoms with van der Waals surface area (Å²) in [5, 5.41) is 1.14. The lowest BCUT2D eigenvalue weighted by Gasteiger charge is -2.14.